The molecule has 0 aromatic carbocycles. The standard InChI is InChI=1S/C15H23N3OS/c1-3-4-5-14(12-18-8-10-20-11-9-18)19-15-6-7-16-13(2)17-15/h3,6-7,14H,1,4-5,8-12H2,2H3. The minimum atomic E-state index is 0.172. The van der Waals surface area contributed by atoms with Crippen LogP contribution in [0.2, 0.25) is 0 Å². The maximum Gasteiger partial charge on any atom is 0.216 e. The van der Waals surface area contributed by atoms with E-state index in [-0.39, 0.29) is 6.10 Å². The zero-order chi connectivity index (χ0) is 14.2. The van der Waals surface area contributed by atoms with E-state index in [1.54, 1.807) is 6.20 Å². The predicted molar refractivity (Wildman–Crippen MR) is 84.4 cm³/mol. The van der Waals surface area contributed by atoms with Gasteiger partial charge in [0.2, 0.25) is 5.88 Å². The summed E-state index contributed by atoms with van der Waals surface area (Å²) in [6, 6.07) is 1.83. The van der Waals surface area contributed by atoms with Crippen molar-refractivity contribution in [1.29, 1.82) is 0 Å². The van der Waals surface area contributed by atoms with Crippen LogP contribution < -0.4 is 4.74 Å². The predicted octanol–water partition coefficient (Wildman–Crippen LogP) is 2.55. The first-order chi connectivity index (χ1) is 9.78. The highest BCUT2D eigenvalue weighted by atomic mass is 32.2. The third kappa shape index (κ3) is 5.13. The monoisotopic (exact) mass is 293 g/mol. The molecule has 0 aliphatic carbocycles. The fraction of sp³-hybridized carbons (Fsp3) is 0.600. The van der Waals surface area contributed by atoms with Gasteiger partial charge in [-0.3, -0.25) is 4.90 Å². The second kappa shape index (κ2) is 8.27. The molecular weight excluding hydrogens is 270 g/mol. The van der Waals surface area contributed by atoms with Crippen molar-refractivity contribution in [3.63, 3.8) is 0 Å². The van der Waals surface area contributed by atoms with E-state index in [9.17, 15) is 0 Å². The molecule has 0 bridgehead atoms. The number of hydrogen-bond acceptors (Lipinski definition) is 5. The number of hydrogen-bond donors (Lipinski definition) is 0. The van der Waals surface area contributed by atoms with Gasteiger partial charge in [-0.05, 0) is 19.8 Å². The number of aryl methyl sites for hydroxylation is 1. The van der Waals surface area contributed by atoms with E-state index in [1.807, 2.05) is 30.8 Å². The minimum absolute atomic E-state index is 0.172. The van der Waals surface area contributed by atoms with Crippen LogP contribution in [0.3, 0.4) is 0 Å². The second-order valence-corrected chi connectivity index (χ2v) is 6.19. The lowest BCUT2D eigenvalue weighted by Crippen LogP contribution is -2.40. The Morgan fingerprint density at radius 2 is 2.30 bits per heavy atom. The lowest BCUT2D eigenvalue weighted by molar-refractivity contribution is 0.127. The highest BCUT2D eigenvalue weighted by Gasteiger charge is 2.18. The van der Waals surface area contributed by atoms with Crippen molar-refractivity contribution < 1.29 is 4.74 Å². The molecule has 2 rings (SSSR count). The van der Waals surface area contributed by atoms with E-state index < -0.39 is 0 Å². The van der Waals surface area contributed by atoms with Crippen LogP contribution in [0.5, 0.6) is 5.88 Å². The molecule has 0 radical (unpaired) electrons. The van der Waals surface area contributed by atoms with Crippen LogP contribution in [-0.4, -0.2) is 52.1 Å². The highest BCUT2D eigenvalue weighted by Crippen LogP contribution is 2.15. The largest absolute Gasteiger partial charge is 0.473 e. The van der Waals surface area contributed by atoms with Gasteiger partial charge in [-0.15, -0.1) is 6.58 Å². The van der Waals surface area contributed by atoms with Crippen LogP contribution in [0.25, 0.3) is 0 Å². The molecule has 1 unspecified atom stereocenters. The van der Waals surface area contributed by atoms with Crippen LogP contribution in [0, 0.1) is 6.92 Å². The Kier molecular flexibility index (Phi) is 6.33. The summed E-state index contributed by atoms with van der Waals surface area (Å²) in [4.78, 5) is 10.9. The normalized spacial score (nSPS) is 17.6. The molecule has 0 saturated carbocycles. The van der Waals surface area contributed by atoms with Gasteiger partial charge in [0.05, 0.1) is 0 Å². The van der Waals surface area contributed by atoms with Gasteiger partial charge in [-0.1, -0.05) is 6.08 Å². The molecule has 1 fully saturated rings. The Morgan fingerprint density at radius 1 is 1.50 bits per heavy atom. The van der Waals surface area contributed by atoms with Gasteiger partial charge in [-0.25, -0.2) is 4.98 Å². The third-order valence-corrected chi connectivity index (χ3v) is 4.24. The van der Waals surface area contributed by atoms with E-state index >= 15 is 0 Å². The summed E-state index contributed by atoms with van der Waals surface area (Å²) in [5, 5.41) is 0. The third-order valence-electron chi connectivity index (χ3n) is 3.30. The van der Waals surface area contributed by atoms with Crippen molar-refractivity contribution in [1.82, 2.24) is 14.9 Å². The van der Waals surface area contributed by atoms with Crippen molar-refractivity contribution in [2.45, 2.75) is 25.9 Å². The molecule has 5 heteroatoms. The molecule has 2 heterocycles. The topological polar surface area (TPSA) is 38.2 Å². The maximum absolute atomic E-state index is 6.05. The first-order valence-electron chi connectivity index (χ1n) is 7.15. The number of rotatable bonds is 7. The lowest BCUT2D eigenvalue weighted by Gasteiger charge is -2.30. The molecule has 1 aliphatic rings. The molecule has 1 aromatic heterocycles. The first kappa shape index (κ1) is 15.3. The van der Waals surface area contributed by atoms with E-state index in [1.165, 1.54) is 11.5 Å². The molecular formula is C15H23N3OS. The highest BCUT2D eigenvalue weighted by molar-refractivity contribution is 7.99. The summed E-state index contributed by atoms with van der Waals surface area (Å²) in [6.45, 7) is 8.96. The first-order valence-corrected chi connectivity index (χ1v) is 8.30. The zero-order valence-electron chi connectivity index (χ0n) is 12.1. The van der Waals surface area contributed by atoms with Crippen LogP contribution in [0.15, 0.2) is 24.9 Å². The zero-order valence-corrected chi connectivity index (χ0v) is 12.9. The van der Waals surface area contributed by atoms with Crippen molar-refractivity contribution in [3.05, 3.63) is 30.7 Å². The second-order valence-electron chi connectivity index (χ2n) is 4.96. The van der Waals surface area contributed by atoms with Crippen LogP contribution >= 0.6 is 11.8 Å². The molecule has 1 aromatic rings. The van der Waals surface area contributed by atoms with Crippen molar-refractivity contribution in [3.8, 4) is 5.88 Å². The smallest absolute Gasteiger partial charge is 0.216 e. The summed E-state index contributed by atoms with van der Waals surface area (Å²) in [5.41, 5.74) is 0. The number of allylic oxidation sites excluding steroid dienone is 1. The Hall–Kier alpha value is -1.07. The molecule has 1 aliphatic heterocycles. The Bertz CT molecular complexity index is 421. The molecule has 1 atom stereocenters. The Labute approximate surface area is 125 Å². The Balaban J connectivity index is 1.93. The molecule has 20 heavy (non-hydrogen) atoms. The minimum Gasteiger partial charge on any atom is -0.473 e. The number of nitrogens with zero attached hydrogens (tertiary/aromatic N) is 3. The Morgan fingerprint density at radius 3 is 3.00 bits per heavy atom. The van der Waals surface area contributed by atoms with Gasteiger partial charge in [0.25, 0.3) is 0 Å². The number of ether oxygens (including phenoxy) is 1. The van der Waals surface area contributed by atoms with Crippen LogP contribution in [0.1, 0.15) is 18.7 Å². The van der Waals surface area contributed by atoms with Gasteiger partial charge in [0.15, 0.2) is 0 Å². The molecule has 0 spiro atoms. The number of thioether (sulfide) groups is 1. The summed E-state index contributed by atoms with van der Waals surface area (Å²) < 4.78 is 6.05. The number of aromatic nitrogens is 2. The van der Waals surface area contributed by atoms with Crippen molar-refractivity contribution in [2.75, 3.05) is 31.1 Å². The van der Waals surface area contributed by atoms with E-state index in [2.05, 4.69) is 21.4 Å². The average Bonchev–Trinajstić information content (AvgIpc) is 2.46. The van der Waals surface area contributed by atoms with E-state index in [0.29, 0.717) is 5.88 Å². The van der Waals surface area contributed by atoms with Crippen molar-refractivity contribution >= 4 is 11.8 Å². The summed E-state index contributed by atoms with van der Waals surface area (Å²) in [5.74, 6) is 3.87. The van der Waals surface area contributed by atoms with Crippen LogP contribution in [0.4, 0.5) is 0 Å². The maximum atomic E-state index is 6.05. The summed E-state index contributed by atoms with van der Waals surface area (Å²) >= 11 is 2.03. The SMILES string of the molecule is C=CCCC(CN1CCSCC1)Oc1ccnc(C)n1. The summed E-state index contributed by atoms with van der Waals surface area (Å²) in [7, 11) is 0. The lowest BCUT2D eigenvalue weighted by atomic mass is 10.2. The molecule has 0 amide bonds. The van der Waals surface area contributed by atoms with Crippen molar-refractivity contribution in [2.24, 2.45) is 0 Å². The molecule has 110 valence electrons. The molecule has 4 nitrogen and oxygen atoms in total. The molecule has 0 N–H and O–H groups in total. The van der Waals surface area contributed by atoms with Crippen LogP contribution in [-0.2, 0) is 0 Å². The fourth-order valence-corrected chi connectivity index (χ4v) is 3.21. The van der Waals surface area contributed by atoms with Gasteiger partial charge in [0.1, 0.15) is 11.9 Å². The van der Waals surface area contributed by atoms with Gasteiger partial charge < -0.3 is 4.74 Å². The fourth-order valence-electron chi connectivity index (χ4n) is 2.23. The van der Waals surface area contributed by atoms with Gasteiger partial charge in [-0.2, -0.15) is 16.7 Å². The quantitative estimate of drug-likeness (QED) is 0.722. The molecule has 1 saturated heterocycles. The van der Waals surface area contributed by atoms with Gasteiger partial charge in [0, 0.05) is 43.4 Å². The average molecular weight is 293 g/mol. The van der Waals surface area contributed by atoms with E-state index in [4.69, 9.17) is 4.74 Å². The van der Waals surface area contributed by atoms with Gasteiger partial charge >= 0.3 is 0 Å². The van der Waals surface area contributed by atoms with E-state index in [0.717, 1.165) is 38.3 Å². The summed E-state index contributed by atoms with van der Waals surface area (Å²) in [6.07, 6.45) is 5.83.